The average molecular weight is 342 g/mol. The number of carbonyl (C=O) groups excluding carboxylic acids is 1. The topological polar surface area (TPSA) is 49.3 Å². The second kappa shape index (κ2) is 7.70. The summed E-state index contributed by atoms with van der Waals surface area (Å²) in [4.78, 5) is 25.4. The summed E-state index contributed by atoms with van der Waals surface area (Å²) in [6.07, 6.45) is 5.09. The summed E-state index contributed by atoms with van der Waals surface area (Å²) in [5, 5.41) is 0. The molecule has 0 bridgehead atoms. The third-order valence-corrected chi connectivity index (χ3v) is 4.55. The predicted octanol–water partition coefficient (Wildman–Crippen LogP) is 2.70. The van der Waals surface area contributed by atoms with Crippen LogP contribution in [0.4, 0.5) is 4.39 Å². The van der Waals surface area contributed by atoms with Gasteiger partial charge < -0.3 is 9.80 Å². The molecule has 5 nitrogen and oxygen atoms in total. The predicted molar refractivity (Wildman–Crippen MR) is 93.7 cm³/mol. The lowest BCUT2D eigenvalue weighted by atomic mass is 9.91. The van der Waals surface area contributed by atoms with E-state index in [2.05, 4.69) is 14.9 Å². The zero-order valence-electron chi connectivity index (χ0n) is 14.7. The lowest BCUT2D eigenvalue weighted by molar-refractivity contribution is 0.0707. The Hall–Kier alpha value is -2.34. The molecule has 25 heavy (non-hydrogen) atoms. The zero-order chi connectivity index (χ0) is 17.8. The fourth-order valence-electron chi connectivity index (χ4n) is 3.30. The molecule has 0 aliphatic carbocycles. The van der Waals surface area contributed by atoms with Crippen LogP contribution in [0.15, 0.2) is 36.7 Å². The van der Waals surface area contributed by atoms with Gasteiger partial charge in [0.05, 0.1) is 17.0 Å². The van der Waals surface area contributed by atoms with Crippen LogP contribution in [0.1, 0.15) is 40.5 Å². The Morgan fingerprint density at radius 3 is 2.56 bits per heavy atom. The molecule has 1 saturated heterocycles. The lowest BCUT2D eigenvalue weighted by Gasteiger charge is -2.32. The van der Waals surface area contributed by atoms with Gasteiger partial charge in [-0.15, -0.1) is 0 Å². The van der Waals surface area contributed by atoms with Crippen LogP contribution in [0.2, 0.25) is 0 Å². The van der Waals surface area contributed by atoms with Crippen molar-refractivity contribution < 1.29 is 9.18 Å². The summed E-state index contributed by atoms with van der Waals surface area (Å²) in [6.45, 7) is 1.96. The Labute approximate surface area is 147 Å². The Morgan fingerprint density at radius 1 is 1.20 bits per heavy atom. The van der Waals surface area contributed by atoms with Crippen LogP contribution in [-0.4, -0.2) is 52.9 Å². The molecule has 0 atom stereocenters. The highest BCUT2D eigenvalue weighted by Gasteiger charge is 2.28. The van der Waals surface area contributed by atoms with Gasteiger partial charge in [-0.1, -0.05) is 12.1 Å². The minimum Gasteiger partial charge on any atom is -0.339 e. The highest BCUT2D eigenvalue weighted by molar-refractivity contribution is 5.94. The van der Waals surface area contributed by atoms with Crippen LogP contribution in [-0.2, 0) is 6.54 Å². The van der Waals surface area contributed by atoms with Gasteiger partial charge in [-0.2, -0.15) is 0 Å². The maximum absolute atomic E-state index is 13.8. The third-order valence-electron chi connectivity index (χ3n) is 4.55. The van der Waals surface area contributed by atoms with Gasteiger partial charge in [0.2, 0.25) is 0 Å². The summed E-state index contributed by atoms with van der Waals surface area (Å²) in [5.41, 5.74) is 2.16. The van der Waals surface area contributed by atoms with Crippen molar-refractivity contribution in [3.8, 4) is 0 Å². The van der Waals surface area contributed by atoms with E-state index in [9.17, 15) is 9.18 Å². The SMILES string of the molecule is CN(C)Cc1nccnc1C1CCN(C(=O)c2ccccc2F)CC1. The highest BCUT2D eigenvalue weighted by Crippen LogP contribution is 2.29. The van der Waals surface area contributed by atoms with Crippen molar-refractivity contribution in [1.82, 2.24) is 19.8 Å². The molecule has 1 aliphatic rings. The van der Waals surface area contributed by atoms with Gasteiger partial charge in [-0.25, -0.2) is 4.39 Å². The maximum atomic E-state index is 13.8. The van der Waals surface area contributed by atoms with Gasteiger partial charge in [0.1, 0.15) is 5.82 Å². The van der Waals surface area contributed by atoms with Gasteiger partial charge >= 0.3 is 0 Å². The van der Waals surface area contributed by atoms with Crippen molar-refractivity contribution in [2.24, 2.45) is 0 Å². The number of rotatable bonds is 4. The Kier molecular flexibility index (Phi) is 5.38. The number of hydrogen-bond donors (Lipinski definition) is 0. The van der Waals surface area contributed by atoms with Crippen molar-refractivity contribution in [2.45, 2.75) is 25.3 Å². The van der Waals surface area contributed by atoms with Crippen LogP contribution >= 0.6 is 0 Å². The van der Waals surface area contributed by atoms with E-state index in [1.165, 1.54) is 6.07 Å². The molecule has 0 N–H and O–H groups in total. The van der Waals surface area contributed by atoms with Gasteiger partial charge in [0.15, 0.2) is 0 Å². The maximum Gasteiger partial charge on any atom is 0.256 e. The number of likely N-dealkylation sites (tertiary alicyclic amines) is 1. The van der Waals surface area contributed by atoms with Gasteiger partial charge in [-0.05, 0) is 39.1 Å². The molecule has 0 radical (unpaired) electrons. The number of aromatic nitrogens is 2. The molecule has 0 saturated carbocycles. The molecule has 1 amide bonds. The standard InChI is InChI=1S/C19H23FN4O/c1-23(2)13-17-18(22-10-9-21-17)14-7-11-24(12-8-14)19(25)15-5-3-4-6-16(15)20/h3-6,9-10,14H,7-8,11-13H2,1-2H3. The van der Waals surface area contributed by atoms with E-state index in [0.29, 0.717) is 13.1 Å². The highest BCUT2D eigenvalue weighted by atomic mass is 19.1. The fourth-order valence-corrected chi connectivity index (χ4v) is 3.30. The quantitative estimate of drug-likeness (QED) is 0.857. The molecule has 0 spiro atoms. The first-order valence-corrected chi connectivity index (χ1v) is 8.54. The molecule has 132 valence electrons. The number of carbonyl (C=O) groups is 1. The Bertz CT molecular complexity index is 742. The van der Waals surface area contributed by atoms with Crippen LogP contribution in [0.3, 0.4) is 0 Å². The van der Waals surface area contributed by atoms with Crippen molar-refractivity contribution >= 4 is 5.91 Å². The number of nitrogens with zero attached hydrogens (tertiary/aromatic N) is 4. The Morgan fingerprint density at radius 2 is 1.88 bits per heavy atom. The molecule has 1 aliphatic heterocycles. The van der Waals surface area contributed by atoms with E-state index in [1.54, 1.807) is 35.5 Å². The molecular formula is C19H23FN4O. The van der Waals surface area contributed by atoms with Gasteiger partial charge in [-0.3, -0.25) is 14.8 Å². The second-order valence-electron chi connectivity index (χ2n) is 6.67. The van der Waals surface area contributed by atoms with Crippen LogP contribution in [0.5, 0.6) is 0 Å². The molecule has 2 heterocycles. The fraction of sp³-hybridized carbons (Fsp3) is 0.421. The van der Waals surface area contributed by atoms with Gasteiger partial charge in [0, 0.05) is 37.9 Å². The molecule has 3 rings (SSSR count). The number of benzene rings is 1. The number of piperidine rings is 1. The van der Waals surface area contributed by atoms with Crippen molar-refractivity contribution in [3.63, 3.8) is 0 Å². The molecule has 2 aromatic rings. The Balaban J connectivity index is 1.68. The summed E-state index contributed by atoms with van der Waals surface area (Å²) in [5.74, 6) is -0.408. The number of amides is 1. The summed E-state index contributed by atoms with van der Waals surface area (Å²) in [6, 6.07) is 6.16. The van der Waals surface area contributed by atoms with E-state index in [4.69, 9.17) is 0 Å². The summed E-state index contributed by atoms with van der Waals surface area (Å²) < 4.78 is 13.8. The van der Waals surface area contributed by atoms with Crippen molar-refractivity contribution in [2.75, 3.05) is 27.2 Å². The first-order chi connectivity index (χ1) is 12.1. The minimum atomic E-state index is -0.461. The normalized spacial score (nSPS) is 15.6. The molecule has 1 aromatic heterocycles. The van der Waals surface area contributed by atoms with E-state index in [1.807, 2.05) is 14.1 Å². The van der Waals surface area contributed by atoms with Crippen LogP contribution in [0, 0.1) is 5.82 Å². The largest absolute Gasteiger partial charge is 0.339 e. The first-order valence-electron chi connectivity index (χ1n) is 8.54. The van der Waals surface area contributed by atoms with E-state index in [0.717, 1.165) is 30.8 Å². The van der Waals surface area contributed by atoms with Crippen molar-refractivity contribution in [3.05, 3.63) is 59.4 Å². The van der Waals surface area contributed by atoms with E-state index in [-0.39, 0.29) is 17.4 Å². The zero-order valence-corrected chi connectivity index (χ0v) is 14.7. The smallest absolute Gasteiger partial charge is 0.256 e. The summed E-state index contributed by atoms with van der Waals surface area (Å²) in [7, 11) is 4.02. The summed E-state index contributed by atoms with van der Waals surface area (Å²) >= 11 is 0. The molecule has 1 fully saturated rings. The average Bonchev–Trinajstić information content (AvgIpc) is 2.62. The molecule has 6 heteroatoms. The third kappa shape index (κ3) is 4.02. The van der Waals surface area contributed by atoms with E-state index >= 15 is 0 Å². The minimum absolute atomic E-state index is 0.147. The number of halogens is 1. The molecule has 1 aromatic carbocycles. The second-order valence-corrected chi connectivity index (χ2v) is 6.67. The monoisotopic (exact) mass is 342 g/mol. The van der Waals surface area contributed by atoms with E-state index < -0.39 is 5.82 Å². The van der Waals surface area contributed by atoms with Crippen molar-refractivity contribution in [1.29, 1.82) is 0 Å². The lowest BCUT2D eigenvalue weighted by Crippen LogP contribution is -2.38. The molecule has 0 unspecified atom stereocenters. The first kappa shape index (κ1) is 17.5. The van der Waals surface area contributed by atoms with Crippen LogP contribution in [0.25, 0.3) is 0 Å². The molecular weight excluding hydrogens is 319 g/mol. The van der Waals surface area contributed by atoms with Gasteiger partial charge in [0.25, 0.3) is 5.91 Å². The van der Waals surface area contributed by atoms with Crippen LogP contribution < -0.4 is 0 Å². The number of hydrogen-bond acceptors (Lipinski definition) is 4.